The van der Waals surface area contributed by atoms with E-state index in [2.05, 4.69) is 29.3 Å². The van der Waals surface area contributed by atoms with E-state index in [9.17, 15) is 9.59 Å². The minimum absolute atomic E-state index is 0.0284. The van der Waals surface area contributed by atoms with Gasteiger partial charge in [0, 0.05) is 25.8 Å². The van der Waals surface area contributed by atoms with Crippen LogP contribution in [0.15, 0.2) is 41.0 Å². The van der Waals surface area contributed by atoms with Crippen molar-refractivity contribution < 1.29 is 14.0 Å². The van der Waals surface area contributed by atoms with Gasteiger partial charge >= 0.3 is 0 Å². The highest BCUT2D eigenvalue weighted by Crippen LogP contribution is 2.33. The molecule has 2 aromatic rings. The summed E-state index contributed by atoms with van der Waals surface area (Å²) in [6.07, 6.45) is 2.50. The Labute approximate surface area is 147 Å². The number of anilines is 1. The van der Waals surface area contributed by atoms with Crippen LogP contribution in [0.3, 0.4) is 0 Å². The highest BCUT2D eigenvalue weighted by atomic mass is 16.3. The van der Waals surface area contributed by atoms with Crippen LogP contribution in [-0.2, 0) is 17.8 Å². The van der Waals surface area contributed by atoms with Gasteiger partial charge in [0.15, 0.2) is 0 Å². The molecule has 0 spiro atoms. The van der Waals surface area contributed by atoms with Crippen LogP contribution in [0.4, 0.5) is 5.69 Å². The normalized spacial score (nSPS) is 15.8. The van der Waals surface area contributed by atoms with E-state index in [0.717, 1.165) is 6.42 Å². The molecule has 1 unspecified atom stereocenters. The van der Waals surface area contributed by atoms with E-state index in [1.807, 2.05) is 12.1 Å². The summed E-state index contributed by atoms with van der Waals surface area (Å²) in [7, 11) is 3.31. The first-order valence-corrected chi connectivity index (χ1v) is 8.36. The third-order valence-electron chi connectivity index (χ3n) is 4.55. The molecule has 6 nitrogen and oxygen atoms in total. The van der Waals surface area contributed by atoms with E-state index in [4.69, 9.17) is 4.42 Å². The van der Waals surface area contributed by atoms with E-state index < -0.39 is 0 Å². The van der Waals surface area contributed by atoms with E-state index in [1.54, 1.807) is 20.2 Å². The number of carbonyl (C=O) groups excluding carboxylic acids is 2. The summed E-state index contributed by atoms with van der Waals surface area (Å²) < 4.78 is 5.57. The fourth-order valence-corrected chi connectivity index (χ4v) is 3.10. The first-order valence-electron chi connectivity index (χ1n) is 8.36. The van der Waals surface area contributed by atoms with E-state index >= 15 is 0 Å². The number of hydrogen-bond acceptors (Lipinski definition) is 4. The molecule has 1 aromatic heterocycles. The topological polar surface area (TPSA) is 65.8 Å². The second-order valence-corrected chi connectivity index (χ2v) is 6.54. The smallest absolute Gasteiger partial charge is 0.255 e. The lowest BCUT2D eigenvalue weighted by molar-refractivity contribution is -0.127. The monoisotopic (exact) mass is 341 g/mol. The van der Waals surface area contributed by atoms with Crippen LogP contribution in [0.25, 0.3) is 0 Å². The lowest BCUT2D eigenvalue weighted by Crippen LogP contribution is -2.36. The van der Waals surface area contributed by atoms with Crippen LogP contribution in [0.5, 0.6) is 0 Å². The highest BCUT2D eigenvalue weighted by molar-refractivity contribution is 5.97. The fourth-order valence-electron chi connectivity index (χ4n) is 3.10. The molecule has 0 bridgehead atoms. The summed E-state index contributed by atoms with van der Waals surface area (Å²) >= 11 is 0. The molecule has 1 N–H and O–H groups in total. The Bertz CT molecular complexity index is 782. The van der Waals surface area contributed by atoms with E-state index in [0.29, 0.717) is 23.9 Å². The van der Waals surface area contributed by atoms with Gasteiger partial charge in [0.1, 0.15) is 5.76 Å². The molecule has 1 atom stereocenters. The first-order chi connectivity index (χ1) is 12.0. The largest absolute Gasteiger partial charge is 0.467 e. The molecular weight excluding hydrogens is 318 g/mol. The third-order valence-corrected chi connectivity index (χ3v) is 4.55. The average Bonchev–Trinajstić information content (AvgIpc) is 3.17. The SMILES string of the molecule is CC1Cc2ccccc2N1Cc1occc1C(=O)NCC(=O)N(C)C. The number of amides is 2. The van der Waals surface area contributed by atoms with Crippen molar-refractivity contribution >= 4 is 17.5 Å². The molecule has 0 fully saturated rings. The molecule has 1 aliphatic rings. The highest BCUT2D eigenvalue weighted by Gasteiger charge is 2.28. The molecule has 1 aliphatic heterocycles. The lowest BCUT2D eigenvalue weighted by atomic mass is 10.1. The summed E-state index contributed by atoms with van der Waals surface area (Å²) in [5.41, 5.74) is 2.97. The van der Waals surface area contributed by atoms with Gasteiger partial charge in [0.25, 0.3) is 5.91 Å². The van der Waals surface area contributed by atoms with Crippen LogP contribution in [0.1, 0.15) is 28.6 Å². The fraction of sp³-hybridized carbons (Fsp3) is 0.368. The van der Waals surface area contributed by atoms with Crippen LogP contribution in [0, 0.1) is 0 Å². The van der Waals surface area contributed by atoms with Gasteiger partial charge in [-0.3, -0.25) is 9.59 Å². The molecule has 3 rings (SSSR count). The second kappa shape index (κ2) is 7.01. The van der Waals surface area contributed by atoms with Crippen molar-refractivity contribution in [2.45, 2.75) is 25.9 Å². The molecule has 25 heavy (non-hydrogen) atoms. The van der Waals surface area contributed by atoms with Gasteiger partial charge in [-0.1, -0.05) is 18.2 Å². The zero-order valence-corrected chi connectivity index (χ0v) is 14.8. The quantitative estimate of drug-likeness (QED) is 0.904. The van der Waals surface area contributed by atoms with Crippen molar-refractivity contribution in [1.29, 1.82) is 0 Å². The van der Waals surface area contributed by atoms with Crippen molar-refractivity contribution in [2.24, 2.45) is 0 Å². The number of rotatable bonds is 5. The zero-order chi connectivity index (χ0) is 18.0. The van der Waals surface area contributed by atoms with Gasteiger partial charge in [-0.15, -0.1) is 0 Å². The Balaban J connectivity index is 1.72. The number of benzene rings is 1. The summed E-state index contributed by atoms with van der Waals surface area (Å²) in [6, 6.07) is 10.3. The minimum atomic E-state index is -0.293. The van der Waals surface area contributed by atoms with Crippen LogP contribution in [-0.4, -0.2) is 43.4 Å². The number of fused-ring (bicyclic) bond motifs is 1. The molecule has 1 aromatic carbocycles. The van der Waals surface area contributed by atoms with Crippen molar-refractivity contribution in [3.05, 3.63) is 53.5 Å². The number of likely N-dealkylation sites (N-methyl/N-ethyl adjacent to an activating group) is 1. The Morgan fingerprint density at radius 3 is 2.80 bits per heavy atom. The molecule has 0 saturated heterocycles. The van der Waals surface area contributed by atoms with Crippen LogP contribution >= 0.6 is 0 Å². The third kappa shape index (κ3) is 3.52. The lowest BCUT2D eigenvalue weighted by Gasteiger charge is -2.24. The maximum atomic E-state index is 12.4. The predicted molar refractivity (Wildman–Crippen MR) is 95.5 cm³/mol. The standard InChI is InChI=1S/C19H23N3O3/c1-13-10-14-6-4-5-7-16(14)22(13)12-17-15(8-9-25-17)19(24)20-11-18(23)21(2)3/h4-9,13H,10-12H2,1-3H3,(H,20,24). The number of nitrogens with one attached hydrogen (secondary N) is 1. The zero-order valence-electron chi connectivity index (χ0n) is 14.8. The van der Waals surface area contributed by atoms with Crippen LogP contribution < -0.4 is 10.2 Å². The van der Waals surface area contributed by atoms with Crippen molar-refractivity contribution in [1.82, 2.24) is 10.2 Å². The number of furan rings is 1. The summed E-state index contributed by atoms with van der Waals surface area (Å²) in [6.45, 7) is 2.66. The summed E-state index contributed by atoms with van der Waals surface area (Å²) in [5.74, 6) is 0.165. The van der Waals surface area contributed by atoms with Gasteiger partial charge in [-0.05, 0) is 31.0 Å². The van der Waals surface area contributed by atoms with E-state index in [-0.39, 0.29) is 18.4 Å². The number of nitrogens with zero attached hydrogens (tertiary/aromatic N) is 2. The molecule has 0 aliphatic carbocycles. The van der Waals surface area contributed by atoms with Crippen molar-refractivity contribution in [2.75, 3.05) is 25.5 Å². The molecule has 2 amide bonds. The molecule has 2 heterocycles. The maximum absolute atomic E-state index is 12.4. The predicted octanol–water partition coefficient (Wildman–Crippen LogP) is 2.05. The van der Waals surface area contributed by atoms with Gasteiger partial charge in [0.05, 0.1) is 24.9 Å². The Hall–Kier alpha value is -2.76. The van der Waals surface area contributed by atoms with Gasteiger partial charge in [-0.25, -0.2) is 0 Å². The molecular formula is C19H23N3O3. The van der Waals surface area contributed by atoms with Gasteiger partial charge in [-0.2, -0.15) is 0 Å². The first kappa shape index (κ1) is 17.1. The summed E-state index contributed by atoms with van der Waals surface area (Å²) in [5, 5.41) is 2.65. The molecule has 6 heteroatoms. The average molecular weight is 341 g/mol. The van der Waals surface area contributed by atoms with Gasteiger partial charge < -0.3 is 19.5 Å². The van der Waals surface area contributed by atoms with Crippen molar-refractivity contribution in [3.8, 4) is 0 Å². The molecule has 0 radical (unpaired) electrons. The Morgan fingerprint density at radius 2 is 2.04 bits per heavy atom. The minimum Gasteiger partial charge on any atom is -0.467 e. The number of para-hydroxylation sites is 1. The van der Waals surface area contributed by atoms with Crippen LogP contribution in [0.2, 0.25) is 0 Å². The Kier molecular flexibility index (Phi) is 4.79. The number of hydrogen-bond donors (Lipinski definition) is 1. The molecule has 0 saturated carbocycles. The maximum Gasteiger partial charge on any atom is 0.255 e. The summed E-state index contributed by atoms with van der Waals surface area (Å²) in [4.78, 5) is 27.7. The van der Waals surface area contributed by atoms with Gasteiger partial charge in [0.2, 0.25) is 5.91 Å². The molecule has 132 valence electrons. The number of carbonyl (C=O) groups is 2. The van der Waals surface area contributed by atoms with E-state index in [1.165, 1.54) is 22.4 Å². The second-order valence-electron chi connectivity index (χ2n) is 6.54. The van der Waals surface area contributed by atoms with Crippen molar-refractivity contribution in [3.63, 3.8) is 0 Å². The Morgan fingerprint density at radius 1 is 1.28 bits per heavy atom.